The molecule has 1 aromatic carbocycles. The van der Waals surface area contributed by atoms with Crippen LogP contribution in [0.2, 0.25) is 0 Å². The molecule has 1 aliphatic rings. The molecule has 2 aromatic rings. The van der Waals surface area contributed by atoms with Crippen LogP contribution in [-0.4, -0.2) is 35.8 Å². The molecular weight excluding hydrogens is 314 g/mol. The van der Waals surface area contributed by atoms with Gasteiger partial charge in [0.15, 0.2) is 0 Å². The number of aryl methyl sites for hydroxylation is 1. The zero-order valence-electron chi connectivity index (χ0n) is 15.5. The van der Waals surface area contributed by atoms with Crippen LogP contribution in [0.3, 0.4) is 0 Å². The monoisotopic (exact) mass is 341 g/mol. The third kappa shape index (κ3) is 4.41. The van der Waals surface area contributed by atoms with Gasteiger partial charge in [0.1, 0.15) is 5.60 Å². The predicted octanol–water partition coefficient (Wildman–Crippen LogP) is 4.04. The Hall–Kier alpha value is -2.30. The number of amides is 1. The van der Waals surface area contributed by atoms with Crippen LogP contribution in [-0.2, 0) is 4.74 Å². The lowest BCUT2D eigenvalue weighted by molar-refractivity contribution is 0.0497. The first-order chi connectivity index (χ1) is 11.8. The predicted molar refractivity (Wildman–Crippen MR) is 101 cm³/mol. The molecule has 1 saturated heterocycles. The van der Waals surface area contributed by atoms with Gasteiger partial charge in [0, 0.05) is 47.5 Å². The molecule has 0 unspecified atom stereocenters. The van der Waals surface area contributed by atoms with Gasteiger partial charge < -0.3 is 15.0 Å². The SMILES string of the molecule is Cc1cc2c(N3CCC(NC(=O)OC(C)(C)C)CC3)cccc2cn1. The lowest BCUT2D eigenvalue weighted by Gasteiger charge is -2.35. The van der Waals surface area contributed by atoms with Crippen molar-refractivity contribution >= 4 is 22.6 Å². The molecule has 0 aliphatic carbocycles. The number of benzene rings is 1. The summed E-state index contributed by atoms with van der Waals surface area (Å²) in [6.07, 6.45) is 3.45. The summed E-state index contributed by atoms with van der Waals surface area (Å²) in [6, 6.07) is 8.67. The summed E-state index contributed by atoms with van der Waals surface area (Å²) >= 11 is 0. The standard InChI is InChI=1S/C20H27N3O2/c1-14-12-17-15(13-21-14)6-5-7-18(17)23-10-8-16(9-11-23)22-19(24)25-20(2,3)4/h5-7,12-13,16H,8-11H2,1-4H3,(H,22,24). The Kier molecular flexibility index (Phi) is 4.84. The van der Waals surface area contributed by atoms with Crippen LogP contribution in [0.5, 0.6) is 0 Å². The molecule has 25 heavy (non-hydrogen) atoms. The number of alkyl carbamates (subject to hydrolysis) is 1. The first-order valence-electron chi connectivity index (χ1n) is 8.92. The summed E-state index contributed by atoms with van der Waals surface area (Å²) in [6.45, 7) is 9.50. The second kappa shape index (κ2) is 6.90. The maximum absolute atomic E-state index is 11.9. The van der Waals surface area contributed by atoms with Crippen LogP contribution in [0.25, 0.3) is 10.8 Å². The number of piperidine rings is 1. The highest BCUT2D eigenvalue weighted by Gasteiger charge is 2.24. The fourth-order valence-electron chi connectivity index (χ4n) is 3.27. The molecule has 0 atom stereocenters. The van der Waals surface area contributed by atoms with Crippen molar-refractivity contribution < 1.29 is 9.53 Å². The molecule has 0 radical (unpaired) electrons. The number of nitrogens with zero attached hydrogens (tertiary/aromatic N) is 2. The third-order valence-electron chi connectivity index (χ3n) is 4.43. The fraction of sp³-hybridized carbons (Fsp3) is 0.500. The molecule has 134 valence electrons. The van der Waals surface area contributed by atoms with Gasteiger partial charge in [-0.05, 0) is 52.7 Å². The van der Waals surface area contributed by atoms with Crippen molar-refractivity contribution in [3.63, 3.8) is 0 Å². The molecule has 1 amide bonds. The Bertz CT molecular complexity index is 759. The average molecular weight is 341 g/mol. The topological polar surface area (TPSA) is 54.5 Å². The molecule has 0 bridgehead atoms. The van der Waals surface area contributed by atoms with E-state index in [1.807, 2.05) is 33.9 Å². The Balaban J connectivity index is 1.65. The van der Waals surface area contributed by atoms with Crippen LogP contribution in [0.1, 0.15) is 39.3 Å². The number of fused-ring (bicyclic) bond motifs is 1. The smallest absolute Gasteiger partial charge is 0.407 e. The van der Waals surface area contributed by atoms with E-state index in [4.69, 9.17) is 4.74 Å². The molecule has 2 heterocycles. The molecule has 5 heteroatoms. The maximum atomic E-state index is 11.9. The first kappa shape index (κ1) is 17.5. The molecule has 1 N–H and O–H groups in total. The van der Waals surface area contributed by atoms with Gasteiger partial charge >= 0.3 is 6.09 Å². The zero-order valence-corrected chi connectivity index (χ0v) is 15.5. The van der Waals surface area contributed by atoms with Crippen molar-refractivity contribution in [3.05, 3.63) is 36.2 Å². The third-order valence-corrected chi connectivity index (χ3v) is 4.43. The second-order valence-corrected chi connectivity index (χ2v) is 7.73. The van der Waals surface area contributed by atoms with Gasteiger partial charge in [-0.3, -0.25) is 4.98 Å². The summed E-state index contributed by atoms with van der Waals surface area (Å²) in [5, 5.41) is 5.40. The zero-order chi connectivity index (χ0) is 18.0. The van der Waals surface area contributed by atoms with E-state index >= 15 is 0 Å². The van der Waals surface area contributed by atoms with Gasteiger partial charge in [-0.1, -0.05) is 12.1 Å². The van der Waals surface area contributed by atoms with E-state index in [-0.39, 0.29) is 12.1 Å². The number of carbonyl (C=O) groups excluding carboxylic acids is 1. The van der Waals surface area contributed by atoms with E-state index in [2.05, 4.69) is 39.5 Å². The fourth-order valence-corrected chi connectivity index (χ4v) is 3.27. The Morgan fingerprint density at radius 2 is 2.00 bits per heavy atom. The molecule has 1 fully saturated rings. The minimum atomic E-state index is -0.459. The van der Waals surface area contributed by atoms with Crippen LogP contribution in [0, 0.1) is 6.92 Å². The second-order valence-electron chi connectivity index (χ2n) is 7.73. The van der Waals surface area contributed by atoms with Gasteiger partial charge in [-0.25, -0.2) is 4.79 Å². The maximum Gasteiger partial charge on any atom is 0.407 e. The number of ether oxygens (including phenoxy) is 1. The molecule has 0 spiro atoms. The molecule has 1 aliphatic heterocycles. The van der Waals surface area contributed by atoms with Crippen molar-refractivity contribution in [2.24, 2.45) is 0 Å². The largest absolute Gasteiger partial charge is 0.444 e. The van der Waals surface area contributed by atoms with Gasteiger partial charge in [0.2, 0.25) is 0 Å². The highest BCUT2D eigenvalue weighted by atomic mass is 16.6. The number of rotatable bonds is 2. The minimum absolute atomic E-state index is 0.171. The van der Waals surface area contributed by atoms with Gasteiger partial charge in [-0.2, -0.15) is 0 Å². The van der Waals surface area contributed by atoms with Gasteiger partial charge in [0.05, 0.1) is 0 Å². The number of nitrogens with one attached hydrogen (secondary N) is 1. The van der Waals surface area contributed by atoms with E-state index in [0.717, 1.165) is 37.0 Å². The lowest BCUT2D eigenvalue weighted by Crippen LogP contribution is -2.46. The number of anilines is 1. The number of pyridine rings is 1. The van der Waals surface area contributed by atoms with Crippen LogP contribution in [0.4, 0.5) is 10.5 Å². The van der Waals surface area contributed by atoms with Crippen molar-refractivity contribution in [3.8, 4) is 0 Å². The van der Waals surface area contributed by atoms with E-state index in [9.17, 15) is 4.79 Å². The molecular formula is C20H27N3O2. The van der Waals surface area contributed by atoms with Crippen LogP contribution >= 0.6 is 0 Å². The Morgan fingerprint density at radius 1 is 1.28 bits per heavy atom. The molecule has 5 nitrogen and oxygen atoms in total. The summed E-state index contributed by atoms with van der Waals surface area (Å²) in [7, 11) is 0. The minimum Gasteiger partial charge on any atom is -0.444 e. The number of hydrogen-bond acceptors (Lipinski definition) is 4. The Morgan fingerprint density at radius 3 is 2.68 bits per heavy atom. The van der Waals surface area contributed by atoms with Gasteiger partial charge in [0.25, 0.3) is 0 Å². The van der Waals surface area contributed by atoms with E-state index in [1.165, 1.54) is 11.1 Å². The normalized spacial score (nSPS) is 16.1. The van der Waals surface area contributed by atoms with Crippen LogP contribution in [0.15, 0.2) is 30.5 Å². The highest BCUT2D eigenvalue weighted by molar-refractivity contribution is 5.94. The van der Waals surface area contributed by atoms with Crippen molar-refractivity contribution in [2.45, 2.75) is 52.2 Å². The number of aromatic nitrogens is 1. The Labute approximate surface area is 149 Å². The molecule has 1 aromatic heterocycles. The number of hydrogen-bond donors (Lipinski definition) is 1. The summed E-state index contributed by atoms with van der Waals surface area (Å²) in [5.41, 5.74) is 1.82. The summed E-state index contributed by atoms with van der Waals surface area (Å²) in [5.74, 6) is 0. The average Bonchev–Trinajstić information content (AvgIpc) is 2.53. The lowest BCUT2D eigenvalue weighted by atomic mass is 10.0. The van der Waals surface area contributed by atoms with E-state index in [0.29, 0.717) is 0 Å². The highest BCUT2D eigenvalue weighted by Crippen LogP contribution is 2.29. The summed E-state index contributed by atoms with van der Waals surface area (Å²) < 4.78 is 5.35. The van der Waals surface area contributed by atoms with E-state index < -0.39 is 5.60 Å². The van der Waals surface area contributed by atoms with Crippen LogP contribution < -0.4 is 10.2 Å². The van der Waals surface area contributed by atoms with Crippen molar-refractivity contribution in [1.29, 1.82) is 0 Å². The molecule has 0 saturated carbocycles. The quantitative estimate of drug-likeness (QED) is 0.896. The number of carbonyl (C=O) groups is 1. The van der Waals surface area contributed by atoms with Gasteiger partial charge in [-0.15, -0.1) is 0 Å². The summed E-state index contributed by atoms with van der Waals surface area (Å²) in [4.78, 5) is 18.7. The van der Waals surface area contributed by atoms with Crippen molar-refractivity contribution in [2.75, 3.05) is 18.0 Å². The first-order valence-corrected chi connectivity index (χ1v) is 8.92. The van der Waals surface area contributed by atoms with Crippen molar-refractivity contribution in [1.82, 2.24) is 10.3 Å². The van der Waals surface area contributed by atoms with E-state index in [1.54, 1.807) is 0 Å². The molecule has 3 rings (SSSR count).